The smallest absolute Gasteiger partial charge is 0.245 e. The van der Waals surface area contributed by atoms with Crippen molar-refractivity contribution >= 4 is 11.7 Å². The largest absolute Gasteiger partial charge is 0.317 e. The van der Waals surface area contributed by atoms with E-state index in [2.05, 4.69) is 10.4 Å². The summed E-state index contributed by atoms with van der Waals surface area (Å²) in [5, 5.41) is 7.01. The van der Waals surface area contributed by atoms with Crippen LogP contribution in [0.4, 0.5) is 5.82 Å². The fraction of sp³-hybridized carbons (Fsp3) is 0.667. The molecule has 0 aliphatic carbocycles. The lowest BCUT2D eigenvalue weighted by atomic mass is 9.93. The van der Waals surface area contributed by atoms with Gasteiger partial charge in [-0.1, -0.05) is 13.8 Å². The van der Waals surface area contributed by atoms with Gasteiger partial charge < -0.3 is 11.1 Å². The number of hydrogen-bond acceptors (Lipinski definition) is 3. The summed E-state index contributed by atoms with van der Waals surface area (Å²) in [7, 11) is 0. The summed E-state index contributed by atoms with van der Waals surface area (Å²) in [5.74, 6) is 0.548. The van der Waals surface area contributed by atoms with Crippen LogP contribution in [0, 0.1) is 0 Å². The summed E-state index contributed by atoms with van der Waals surface area (Å²) in [4.78, 5) is 12.1. The fourth-order valence-corrected chi connectivity index (χ4v) is 1.64. The van der Waals surface area contributed by atoms with Crippen molar-refractivity contribution in [3.05, 3.63) is 12.3 Å². The third-order valence-electron chi connectivity index (χ3n) is 3.12. The second-order valence-corrected chi connectivity index (χ2v) is 4.57. The van der Waals surface area contributed by atoms with Crippen LogP contribution in [-0.4, -0.2) is 21.2 Å². The average molecular weight is 238 g/mol. The van der Waals surface area contributed by atoms with Crippen molar-refractivity contribution in [2.45, 2.75) is 52.1 Å². The quantitative estimate of drug-likeness (QED) is 0.823. The molecule has 0 radical (unpaired) electrons. The summed E-state index contributed by atoms with van der Waals surface area (Å²) in [6, 6.07) is 1.99. The van der Waals surface area contributed by atoms with Gasteiger partial charge in [0.05, 0.1) is 11.7 Å². The molecule has 0 saturated heterocycles. The van der Waals surface area contributed by atoms with Crippen LogP contribution >= 0.6 is 0 Å². The summed E-state index contributed by atoms with van der Waals surface area (Å²) in [5.41, 5.74) is 5.24. The Labute approximate surface area is 102 Å². The number of carbonyl (C=O) groups is 1. The Kier molecular flexibility index (Phi) is 4.28. The highest BCUT2D eigenvalue weighted by Crippen LogP contribution is 2.17. The molecular formula is C12H22N4O. The molecule has 17 heavy (non-hydrogen) atoms. The molecule has 1 aromatic heterocycles. The van der Waals surface area contributed by atoms with Gasteiger partial charge in [0.1, 0.15) is 5.82 Å². The van der Waals surface area contributed by atoms with Crippen LogP contribution in [0.2, 0.25) is 0 Å². The highest BCUT2D eigenvalue weighted by atomic mass is 16.2. The van der Waals surface area contributed by atoms with Crippen molar-refractivity contribution in [1.29, 1.82) is 0 Å². The lowest BCUT2D eigenvalue weighted by molar-refractivity contribution is -0.121. The van der Waals surface area contributed by atoms with Gasteiger partial charge in [-0.3, -0.25) is 4.79 Å². The van der Waals surface area contributed by atoms with Gasteiger partial charge in [-0.15, -0.1) is 0 Å². The maximum absolute atomic E-state index is 12.1. The van der Waals surface area contributed by atoms with E-state index in [1.54, 1.807) is 16.9 Å². The number of carbonyl (C=O) groups excluding carboxylic acids is 1. The van der Waals surface area contributed by atoms with E-state index in [0.29, 0.717) is 18.7 Å². The number of hydrogen-bond donors (Lipinski definition) is 2. The van der Waals surface area contributed by atoms with Crippen molar-refractivity contribution in [1.82, 2.24) is 9.78 Å². The summed E-state index contributed by atoms with van der Waals surface area (Å²) < 4.78 is 1.77. The lowest BCUT2D eigenvalue weighted by Gasteiger charge is -2.25. The number of nitrogens with one attached hydrogen (secondary N) is 1. The number of aromatic nitrogens is 2. The first-order valence-electron chi connectivity index (χ1n) is 6.08. The molecule has 96 valence electrons. The zero-order valence-corrected chi connectivity index (χ0v) is 11.0. The number of amides is 1. The van der Waals surface area contributed by atoms with Gasteiger partial charge >= 0.3 is 0 Å². The monoisotopic (exact) mass is 238 g/mol. The van der Waals surface area contributed by atoms with Gasteiger partial charge in [-0.25, -0.2) is 4.68 Å². The minimum atomic E-state index is -0.800. The number of nitrogens with zero attached hydrogens (tertiary/aromatic N) is 2. The van der Waals surface area contributed by atoms with Gasteiger partial charge in [-0.05, 0) is 26.7 Å². The Morgan fingerprint density at radius 2 is 2.12 bits per heavy atom. The van der Waals surface area contributed by atoms with Crippen LogP contribution in [0.1, 0.15) is 46.6 Å². The Bertz CT molecular complexity index is 380. The van der Waals surface area contributed by atoms with Gasteiger partial charge in [0.2, 0.25) is 5.91 Å². The van der Waals surface area contributed by atoms with E-state index < -0.39 is 5.54 Å². The predicted molar refractivity (Wildman–Crippen MR) is 68.7 cm³/mol. The molecule has 3 N–H and O–H groups in total. The fourth-order valence-electron chi connectivity index (χ4n) is 1.64. The maximum Gasteiger partial charge on any atom is 0.245 e. The molecule has 0 atom stereocenters. The Balaban J connectivity index is 2.84. The van der Waals surface area contributed by atoms with Crippen molar-refractivity contribution in [2.24, 2.45) is 5.73 Å². The Morgan fingerprint density at radius 1 is 1.53 bits per heavy atom. The molecule has 0 bridgehead atoms. The van der Waals surface area contributed by atoms with E-state index in [4.69, 9.17) is 5.73 Å². The minimum absolute atomic E-state index is 0.148. The average Bonchev–Trinajstić information content (AvgIpc) is 2.76. The molecule has 1 amide bonds. The molecular weight excluding hydrogens is 216 g/mol. The molecule has 1 heterocycles. The van der Waals surface area contributed by atoms with E-state index in [1.807, 2.05) is 27.7 Å². The first-order chi connectivity index (χ1) is 7.94. The van der Waals surface area contributed by atoms with Gasteiger partial charge in [0.25, 0.3) is 0 Å². The highest BCUT2D eigenvalue weighted by Gasteiger charge is 2.30. The third kappa shape index (κ3) is 2.85. The van der Waals surface area contributed by atoms with Crippen molar-refractivity contribution in [2.75, 3.05) is 5.32 Å². The molecule has 0 aliphatic heterocycles. The van der Waals surface area contributed by atoms with E-state index in [-0.39, 0.29) is 11.9 Å². The standard InChI is InChI=1S/C12H22N4O/c1-5-12(13,6-2)11(17)15-10-7-8-14-16(10)9(3)4/h7-9H,5-6,13H2,1-4H3,(H,15,17). The summed E-state index contributed by atoms with van der Waals surface area (Å²) in [6.07, 6.45) is 2.90. The SMILES string of the molecule is CCC(N)(CC)C(=O)Nc1ccnn1C(C)C. The molecule has 0 fully saturated rings. The Hall–Kier alpha value is -1.36. The number of rotatable bonds is 5. The molecule has 0 aromatic carbocycles. The van der Waals surface area contributed by atoms with Gasteiger partial charge in [0.15, 0.2) is 0 Å². The molecule has 0 spiro atoms. The van der Waals surface area contributed by atoms with E-state index in [0.717, 1.165) is 0 Å². The van der Waals surface area contributed by atoms with Crippen LogP contribution in [0.15, 0.2) is 12.3 Å². The topological polar surface area (TPSA) is 72.9 Å². The summed E-state index contributed by atoms with van der Waals surface area (Å²) in [6.45, 7) is 7.86. The molecule has 5 nitrogen and oxygen atoms in total. The van der Waals surface area contributed by atoms with Crippen LogP contribution in [0.5, 0.6) is 0 Å². The van der Waals surface area contributed by atoms with Crippen LogP contribution in [0.25, 0.3) is 0 Å². The number of nitrogens with two attached hydrogens (primary N) is 1. The maximum atomic E-state index is 12.1. The van der Waals surface area contributed by atoms with Crippen molar-refractivity contribution in [3.63, 3.8) is 0 Å². The zero-order chi connectivity index (χ0) is 13.1. The summed E-state index contributed by atoms with van der Waals surface area (Å²) >= 11 is 0. The minimum Gasteiger partial charge on any atom is -0.317 e. The van der Waals surface area contributed by atoms with E-state index >= 15 is 0 Å². The Morgan fingerprint density at radius 3 is 2.59 bits per heavy atom. The van der Waals surface area contributed by atoms with E-state index in [1.165, 1.54) is 0 Å². The second kappa shape index (κ2) is 5.31. The first kappa shape index (κ1) is 13.7. The molecule has 0 aliphatic rings. The van der Waals surface area contributed by atoms with Crippen molar-refractivity contribution in [3.8, 4) is 0 Å². The molecule has 1 aromatic rings. The zero-order valence-electron chi connectivity index (χ0n) is 11.0. The first-order valence-corrected chi connectivity index (χ1v) is 6.08. The predicted octanol–water partition coefficient (Wildman–Crippen LogP) is 1.92. The molecule has 0 saturated carbocycles. The second-order valence-electron chi connectivity index (χ2n) is 4.57. The lowest BCUT2D eigenvalue weighted by Crippen LogP contribution is -2.50. The van der Waals surface area contributed by atoms with Crippen LogP contribution < -0.4 is 11.1 Å². The third-order valence-corrected chi connectivity index (χ3v) is 3.12. The van der Waals surface area contributed by atoms with Crippen LogP contribution in [-0.2, 0) is 4.79 Å². The number of anilines is 1. The van der Waals surface area contributed by atoms with E-state index in [9.17, 15) is 4.79 Å². The van der Waals surface area contributed by atoms with Gasteiger partial charge in [-0.2, -0.15) is 5.10 Å². The molecule has 5 heteroatoms. The molecule has 0 unspecified atom stereocenters. The van der Waals surface area contributed by atoms with Gasteiger partial charge in [0, 0.05) is 12.1 Å². The molecule has 1 rings (SSSR count). The van der Waals surface area contributed by atoms with Crippen LogP contribution in [0.3, 0.4) is 0 Å². The normalized spacial score (nSPS) is 11.9. The highest BCUT2D eigenvalue weighted by molar-refractivity contribution is 5.97. The van der Waals surface area contributed by atoms with Crippen molar-refractivity contribution < 1.29 is 4.79 Å².